The van der Waals surface area contributed by atoms with Crippen molar-refractivity contribution in [3.05, 3.63) is 101 Å². The van der Waals surface area contributed by atoms with Crippen LogP contribution in [0.4, 0.5) is 5.69 Å². The molecule has 4 nitrogen and oxygen atoms in total. The van der Waals surface area contributed by atoms with E-state index in [-0.39, 0.29) is 11.7 Å². The van der Waals surface area contributed by atoms with Gasteiger partial charge in [0.1, 0.15) is 0 Å². The molecule has 2 N–H and O–H groups in total. The molecule has 0 saturated carbocycles. The standard InChI is InChI=1S/C23H23NO3S/c1-17(25)21-11-5-7-18(13-21)14-22(20-9-3-2-4-10-20)15-19-8-6-12-23(16-19)24-28(26)27/h2-13,16,22,24H,14-15H2,1H3,(H,26,27). The van der Waals surface area contributed by atoms with Crippen molar-refractivity contribution in [2.75, 3.05) is 4.72 Å². The number of anilines is 1. The van der Waals surface area contributed by atoms with E-state index < -0.39 is 11.3 Å². The van der Waals surface area contributed by atoms with E-state index in [1.54, 1.807) is 13.0 Å². The summed E-state index contributed by atoms with van der Waals surface area (Å²) < 4.78 is 22.6. The summed E-state index contributed by atoms with van der Waals surface area (Å²) in [6.45, 7) is 1.58. The summed E-state index contributed by atoms with van der Waals surface area (Å²) in [4.78, 5) is 11.7. The summed E-state index contributed by atoms with van der Waals surface area (Å²) >= 11 is -2.09. The van der Waals surface area contributed by atoms with Crippen LogP contribution in [0.1, 0.15) is 39.9 Å². The van der Waals surface area contributed by atoms with Gasteiger partial charge in [-0.15, -0.1) is 0 Å². The van der Waals surface area contributed by atoms with Crippen molar-refractivity contribution in [2.24, 2.45) is 0 Å². The van der Waals surface area contributed by atoms with Gasteiger partial charge in [-0.3, -0.25) is 14.1 Å². The normalized spacial score (nSPS) is 12.9. The van der Waals surface area contributed by atoms with E-state index in [9.17, 15) is 9.00 Å². The number of carbonyl (C=O) groups is 1. The van der Waals surface area contributed by atoms with Crippen molar-refractivity contribution in [1.29, 1.82) is 0 Å². The van der Waals surface area contributed by atoms with Gasteiger partial charge in [0.15, 0.2) is 5.78 Å². The Bertz CT molecular complexity index is 972. The second-order valence-electron chi connectivity index (χ2n) is 6.82. The van der Waals surface area contributed by atoms with Crippen molar-refractivity contribution >= 4 is 22.7 Å². The number of hydrogen-bond acceptors (Lipinski definition) is 2. The molecule has 0 saturated heterocycles. The maximum atomic E-state index is 11.7. The fraction of sp³-hybridized carbons (Fsp3) is 0.174. The van der Waals surface area contributed by atoms with Gasteiger partial charge in [0, 0.05) is 11.3 Å². The van der Waals surface area contributed by atoms with Gasteiger partial charge in [0.25, 0.3) is 11.3 Å². The van der Waals surface area contributed by atoms with Gasteiger partial charge in [-0.1, -0.05) is 60.7 Å². The van der Waals surface area contributed by atoms with Gasteiger partial charge < -0.3 is 0 Å². The minimum absolute atomic E-state index is 0.0638. The predicted octanol–water partition coefficient (Wildman–Crippen LogP) is 5.01. The van der Waals surface area contributed by atoms with Gasteiger partial charge >= 0.3 is 0 Å². The zero-order valence-electron chi connectivity index (χ0n) is 15.7. The van der Waals surface area contributed by atoms with Crippen LogP contribution in [0.25, 0.3) is 0 Å². The molecule has 5 heteroatoms. The highest BCUT2D eigenvalue weighted by Gasteiger charge is 2.14. The minimum atomic E-state index is -2.09. The van der Waals surface area contributed by atoms with Crippen LogP contribution in [-0.2, 0) is 24.1 Å². The molecule has 0 heterocycles. The highest BCUT2D eigenvalue weighted by atomic mass is 32.2. The zero-order chi connectivity index (χ0) is 19.9. The highest BCUT2D eigenvalue weighted by Crippen LogP contribution is 2.27. The van der Waals surface area contributed by atoms with E-state index in [1.165, 1.54) is 5.56 Å². The molecule has 0 spiro atoms. The van der Waals surface area contributed by atoms with E-state index in [1.807, 2.05) is 54.6 Å². The van der Waals surface area contributed by atoms with E-state index in [0.717, 1.165) is 29.5 Å². The number of benzene rings is 3. The first kappa shape index (κ1) is 20.0. The van der Waals surface area contributed by atoms with Gasteiger partial charge in [-0.05, 0) is 60.6 Å². The summed E-state index contributed by atoms with van der Waals surface area (Å²) in [5.74, 6) is 0.284. The Morgan fingerprint density at radius 3 is 2.21 bits per heavy atom. The average Bonchev–Trinajstić information content (AvgIpc) is 2.68. The Morgan fingerprint density at radius 2 is 1.57 bits per heavy atom. The molecule has 0 fully saturated rings. The Morgan fingerprint density at radius 1 is 0.929 bits per heavy atom. The van der Waals surface area contributed by atoms with Crippen LogP contribution in [0.5, 0.6) is 0 Å². The van der Waals surface area contributed by atoms with Gasteiger partial charge in [-0.25, -0.2) is 4.21 Å². The molecule has 0 radical (unpaired) electrons. The third-order valence-corrected chi connectivity index (χ3v) is 5.11. The average molecular weight is 394 g/mol. The summed E-state index contributed by atoms with van der Waals surface area (Å²) in [6, 6.07) is 25.6. The smallest absolute Gasteiger partial charge is 0.259 e. The number of Topliss-reactive ketones (excluding diaryl/α,β-unsaturated/α-hetero) is 1. The van der Waals surface area contributed by atoms with Crippen molar-refractivity contribution in [1.82, 2.24) is 0 Å². The zero-order valence-corrected chi connectivity index (χ0v) is 16.5. The van der Waals surface area contributed by atoms with Gasteiger partial charge in [-0.2, -0.15) is 0 Å². The minimum Gasteiger partial charge on any atom is -0.295 e. The molecule has 28 heavy (non-hydrogen) atoms. The number of ketones is 1. The largest absolute Gasteiger partial charge is 0.295 e. The molecule has 3 aromatic carbocycles. The third-order valence-electron chi connectivity index (χ3n) is 4.70. The predicted molar refractivity (Wildman–Crippen MR) is 114 cm³/mol. The summed E-state index contributed by atoms with van der Waals surface area (Å²) in [5.41, 5.74) is 4.75. The highest BCUT2D eigenvalue weighted by molar-refractivity contribution is 7.80. The van der Waals surface area contributed by atoms with Crippen LogP contribution in [0, 0.1) is 0 Å². The second kappa shape index (κ2) is 9.44. The lowest BCUT2D eigenvalue weighted by Gasteiger charge is -2.19. The number of rotatable bonds is 8. The molecule has 0 aliphatic rings. The van der Waals surface area contributed by atoms with Crippen LogP contribution < -0.4 is 4.72 Å². The molecule has 3 aromatic rings. The molecular formula is C23H23NO3S. The molecule has 2 unspecified atom stereocenters. The molecule has 0 aliphatic heterocycles. The lowest BCUT2D eigenvalue weighted by molar-refractivity contribution is 0.101. The lowest BCUT2D eigenvalue weighted by atomic mass is 9.86. The Balaban J connectivity index is 1.87. The van der Waals surface area contributed by atoms with Crippen molar-refractivity contribution in [2.45, 2.75) is 25.7 Å². The summed E-state index contributed by atoms with van der Waals surface area (Å²) in [5, 5.41) is 0. The lowest BCUT2D eigenvalue weighted by Crippen LogP contribution is -2.08. The van der Waals surface area contributed by atoms with Crippen LogP contribution in [0.15, 0.2) is 78.9 Å². The van der Waals surface area contributed by atoms with Gasteiger partial charge in [0.05, 0.1) is 0 Å². The van der Waals surface area contributed by atoms with E-state index >= 15 is 0 Å². The Hall–Kier alpha value is -2.76. The molecule has 0 aliphatic carbocycles. The third kappa shape index (κ3) is 5.62. The number of carbonyl (C=O) groups excluding carboxylic acids is 1. The van der Waals surface area contributed by atoms with Crippen molar-refractivity contribution < 1.29 is 13.6 Å². The monoisotopic (exact) mass is 393 g/mol. The topological polar surface area (TPSA) is 66.4 Å². The van der Waals surface area contributed by atoms with E-state index in [0.29, 0.717) is 5.69 Å². The number of hydrogen-bond donors (Lipinski definition) is 2. The quantitative estimate of drug-likeness (QED) is 0.418. The SMILES string of the molecule is CC(=O)c1cccc(CC(Cc2cccc(NS(=O)O)c2)c2ccccc2)c1. The number of nitrogens with one attached hydrogen (secondary N) is 1. The summed E-state index contributed by atoms with van der Waals surface area (Å²) in [7, 11) is 0. The Kier molecular flexibility index (Phi) is 6.74. The maximum Gasteiger partial charge on any atom is 0.259 e. The van der Waals surface area contributed by atoms with Crippen LogP contribution in [0.2, 0.25) is 0 Å². The summed E-state index contributed by atoms with van der Waals surface area (Å²) in [6.07, 6.45) is 1.58. The second-order valence-corrected chi connectivity index (χ2v) is 7.53. The van der Waals surface area contributed by atoms with Crippen LogP contribution >= 0.6 is 0 Å². The molecule has 0 amide bonds. The van der Waals surface area contributed by atoms with Gasteiger partial charge in [0.2, 0.25) is 0 Å². The van der Waals surface area contributed by atoms with E-state index in [4.69, 9.17) is 4.55 Å². The molecule has 0 aromatic heterocycles. The molecule has 3 rings (SSSR count). The molecule has 0 bridgehead atoms. The maximum absolute atomic E-state index is 11.7. The molecule has 144 valence electrons. The Labute approximate surface area is 168 Å². The first-order chi connectivity index (χ1) is 13.5. The first-order valence-corrected chi connectivity index (χ1v) is 10.2. The van der Waals surface area contributed by atoms with Crippen LogP contribution in [-0.4, -0.2) is 14.5 Å². The molecular weight excluding hydrogens is 370 g/mol. The first-order valence-electron chi connectivity index (χ1n) is 9.12. The van der Waals surface area contributed by atoms with Crippen molar-refractivity contribution in [3.8, 4) is 0 Å². The fourth-order valence-corrected chi connectivity index (χ4v) is 3.71. The fourth-order valence-electron chi connectivity index (χ4n) is 3.38. The molecule has 2 atom stereocenters. The van der Waals surface area contributed by atoms with Crippen LogP contribution in [0.3, 0.4) is 0 Å². The van der Waals surface area contributed by atoms with E-state index in [2.05, 4.69) is 22.9 Å². The van der Waals surface area contributed by atoms with Crippen molar-refractivity contribution in [3.63, 3.8) is 0 Å².